The molecule has 1 aromatic heterocycles. The minimum absolute atomic E-state index is 0.00532. The van der Waals surface area contributed by atoms with Crippen LogP contribution in [0, 0.1) is 6.92 Å². The molecule has 4 aromatic rings. The number of aliphatic hydroxyl groups is 1. The van der Waals surface area contributed by atoms with Crippen LogP contribution in [0.3, 0.4) is 0 Å². The fourth-order valence-corrected chi connectivity index (χ4v) is 5.40. The number of benzene rings is 3. The quantitative estimate of drug-likeness (QED) is 0.209. The fraction of sp³-hybridized carbons (Fsp3) is 0.179. The Morgan fingerprint density at radius 3 is 2.56 bits per heavy atom. The topological polar surface area (TPSA) is 89.0 Å². The van der Waals surface area contributed by atoms with Crippen LogP contribution < -0.4 is 14.4 Å². The van der Waals surface area contributed by atoms with Gasteiger partial charge in [-0.1, -0.05) is 29.5 Å². The van der Waals surface area contributed by atoms with Crippen LogP contribution in [-0.4, -0.2) is 35.5 Å². The number of hydrogen-bond acceptors (Lipinski definition) is 7. The van der Waals surface area contributed by atoms with Crippen molar-refractivity contribution < 1.29 is 24.2 Å². The summed E-state index contributed by atoms with van der Waals surface area (Å²) >= 11 is 1.33. The Hall–Kier alpha value is -4.17. The zero-order chi connectivity index (χ0) is 25.4. The number of aryl methyl sites for hydroxylation is 1. The van der Waals surface area contributed by atoms with Gasteiger partial charge in [-0.25, -0.2) is 4.98 Å². The maximum atomic E-state index is 13.4. The number of carbonyl (C=O) groups is 2. The van der Waals surface area contributed by atoms with Crippen molar-refractivity contribution in [1.29, 1.82) is 0 Å². The molecule has 1 aliphatic rings. The van der Waals surface area contributed by atoms with E-state index in [-0.39, 0.29) is 11.3 Å². The second-order valence-electron chi connectivity index (χ2n) is 8.37. The zero-order valence-electron chi connectivity index (χ0n) is 20.0. The van der Waals surface area contributed by atoms with E-state index in [9.17, 15) is 14.7 Å². The van der Waals surface area contributed by atoms with Crippen molar-refractivity contribution in [2.45, 2.75) is 19.9 Å². The Kier molecular flexibility index (Phi) is 6.20. The Balaban J connectivity index is 1.71. The molecule has 2 heterocycles. The molecule has 0 aliphatic carbocycles. The molecule has 1 aliphatic heterocycles. The number of thiazole rings is 1. The average Bonchev–Trinajstić information content (AvgIpc) is 3.41. The highest BCUT2D eigenvalue weighted by Gasteiger charge is 2.48. The molecule has 3 aromatic carbocycles. The predicted molar refractivity (Wildman–Crippen MR) is 140 cm³/mol. The standard InChI is InChI=1S/C28H24N2O5S/c1-4-35-20-7-5-6-18(15-20)24-23(25(31)17-9-11-19(34-3)12-10-17)26(32)27(33)30(24)28-29-21-13-8-16(2)14-22(21)36-28/h5-15,24,31H,4H2,1-3H3/b25-23+. The van der Waals surface area contributed by atoms with Gasteiger partial charge in [0.15, 0.2) is 5.13 Å². The van der Waals surface area contributed by atoms with E-state index in [1.807, 2.05) is 44.2 Å². The van der Waals surface area contributed by atoms with Gasteiger partial charge in [0, 0.05) is 5.56 Å². The first kappa shape index (κ1) is 23.6. The number of fused-ring (bicyclic) bond motifs is 1. The van der Waals surface area contributed by atoms with Crippen molar-refractivity contribution in [1.82, 2.24) is 4.98 Å². The lowest BCUT2D eigenvalue weighted by molar-refractivity contribution is -0.132. The van der Waals surface area contributed by atoms with Crippen molar-refractivity contribution in [3.8, 4) is 11.5 Å². The number of nitrogens with zero attached hydrogens (tertiary/aromatic N) is 2. The summed E-state index contributed by atoms with van der Waals surface area (Å²) in [6.45, 7) is 4.33. The van der Waals surface area contributed by atoms with E-state index in [1.54, 1.807) is 43.5 Å². The largest absolute Gasteiger partial charge is 0.507 e. The lowest BCUT2D eigenvalue weighted by atomic mass is 9.95. The molecule has 182 valence electrons. The second-order valence-corrected chi connectivity index (χ2v) is 9.38. The van der Waals surface area contributed by atoms with Crippen molar-refractivity contribution >= 4 is 44.1 Å². The molecule has 0 saturated carbocycles. The SMILES string of the molecule is CCOc1cccc(C2/C(=C(\O)c3ccc(OC)cc3)C(=O)C(=O)N2c2nc3ccc(C)cc3s2)c1. The smallest absolute Gasteiger partial charge is 0.301 e. The van der Waals surface area contributed by atoms with Gasteiger partial charge in [0.1, 0.15) is 17.3 Å². The zero-order valence-corrected chi connectivity index (χ0v) is 20.8. The molecule has 8 heteroatoms. The summed E-state index contributed by atoms with van der Waals surface area (Å²) in [5, 5.41) is 11.7. The van der Waals surface area contributed by atoms with Crippen LogP contribution in [0.4, 0.5) is 5.13 Å². The first-order valence-corrected chi connectivity index (χ1v) is 12.3. The average molecular weight is 501 g/mol. The molecule has 0 radical (unpaired) electrons. The number of aliphatic hydroxyl groups excluding tert-OH is 1. The molecular weight excluding hydrogens is 476 g/mol. The number of anilines is 1. The van der Waals surface area contributed by atoms with E-state index in [0.717, 1.165) is 15.8 Å². The molecule has 1 N–H and O–H groups in total. The molecule has 1 atom stereocenters. The highest BCUT2D eigenvalue weighted by atomic mass is 32.1. The fourth-order valence-electron chi connectivity index (χ4n) is 4.31. The van der Waals surface area contributed by atoms with Gasteiger partial charge >= 0.3 is 5.91 Å². The molecule has 1 amide bonds. The molecule has 1 fully saturated rings. The summed E-state index contributed by atoms with van der Waals surface area (Å²) in [6.07, 6.45) is 0. The molecule has 36 heavy (non-hydrogen) atoms. The summed E-state index contributed by atoms with van der Waals surface area (Å²) in [5.74, 6) is -0.566. The van der Waals surface area contributed by atoms with E-state index in [1.165, 1.54) is 16.2 Å². The lowest BCUT2D eigenvalue weighted by Crippen LogP contribution is -2.29. The van der Waals surface area contributed by atoms with Gasteiger partial charge in [0.05, 0.1) is 35.5 Å². The summed E-state index contributed by atoms with van der Waals surface area (Å²) in [6, 6.07) is 18.8. The van der Waals surface area contributed by atoms with Gasteiger partial charge < -0.3 is 14.6 Å². The van der Waals surface area contributed by atoms with Crippen LogP contribution in [0.25, 0.3) is 16.0 Å². The van der Waals surface area contributed by atoms with Crippen molar-refractivity contribution in [2.24, 2.45) is 0 Å². The number of carbonyl (C=O) groups excluding carboxylic acids is 2. The minimum Gasteiger partial charge on any atom is -0.507 e. The highest BCUT2D eigenvalue weighted by molar-refractivity contribution is 7.22. The van der Waals surface area contributed by atoms with Crippen LogP contribution in [0.15, 0.2) is 72.3 Å². The van der Waals surface area contributed by atoms with Gasteiger partial charge in [0.2, 0.25) is 0 Å². The lowest BCUT2D eigenvalue weighted by Gasteiger charge is -2.23. The van der Waals surface area contributed by atoms with Crippen LogP contribution >= 0.6 is 11.3 Å². The summed E-state index contributed by atoms with van der Waals surface area (Å²) in [5.41, 5.74) is 2.83. The van der Waals surface area contributed by atoms with Crippen LogP contribution in [0.5, 0.6) is 11.5 Å². The van der Waals surface area contributed by atoms with Crippen LogP contribution in [0.1, 0.15) is 29.7 Å². The molecular formula is C28H24N2O5S. The Morgan fingerprint density at radius 2 is 1.83 bits per heavy atom. The third-order valence-corrected chi connectivity index (χ3v) is 7.05. The molecule has 0 bridgehead atoms. The number of Topliss-reactive ketones (excluding diaryl/α,β-unsaturated/α-hetero) is 1. The number of methoxy groups -OCH3 is 1. The molecule has 7 nitrogen and oxygen atoms in total. The monoisotopic (exact) mass is 500 g/mol. The van der Waals surface area contributed by atoms with Gasteiger partial charge in [-0.2, -0.15) is 0 Å². The van der Waals surface area contributed by atoms with E-state index in [0.29, 0.717) is 34.4 Å². The number of aromatic nitrogens is 1. The Bertz CT molecular complexity index is 1510. The van der Waals surface area contributed by atoms with Gasteiger partial charge in [0.25, 0.3) is 5.78 Å². The summed E-state index contributed by atoms with van der Waals surface area (Å²) < 4.78 is 11.8. The van der Waals surface area contributed by atoms with E-state index in [4.69, 9.17) is 9.47 Å². The highest BCUT2D eigenvalue weighted by Crippen LogP contribution is 2.45. The third-order valence-electron chi connectivity index (χ3n) is 6.03. The van der Waals surface area contributed by atoms with Gasteiger partial charge in [-0.15, -0.1) is 0 Å². The number of hydrogen-bond donors (Lipinski definition) is 1. The molecule has 0 spiro atoms. The van der Waals surface area contributed by atoms with Crippen molar-refractivity contribution in [2.75, 3.05) is 18.6 Å². The Labute approximate surface area is 212 Å². The maximum absolute atomic E-state index is 13.4. The number of amides is 1. The number of rotatable bonds is 6. The number of ether oxygens (including phenoxy) is 2. The first-order valence-electron chi connectivity index (χ1n) is 11.5. The number of ketones is 1. The summed E-state index contributed by atoms with van der Waals surface area (Å²) in [4.78, 5) is 32.9. The van der Waals surface area contributed by atoms with Gasteiger partial charge in [-0.3, -0.25) is 14.5 Å². The third kappa shape index (κ3) is 4.09. The summed E-state index contributed by atoms with van der Waals surface area (Å²) in [7, 11) is 1.55. The minimum atomic E-state index is -0.880. The Morgan fingerprint density at radius 1 is 1.06 bits per heavy atom. The first-order chi connectivity index (χ1) is 17.4. The van der Waals surface area contributed by atoms with Gasteiger partial charge in [-0.05, 0) is 73.5 Å². The second kappa shape index (κ2) is 9.47. The van der Waals surface area contributed by atoms with E-state index in [2.05, 4.69) is 4.98 Å². The predicted octanol–water partition coefficient (Wildman–Crippen LogP) is 5.64. The van der Waals surface area contributed by atoms with Crippen LogP contribution in [-0.2, 0) is 9.59 Å². The van der Waals surface area contributed by atoms with Crippen molar-refractivity contribution in [3.63, 3.8) is 0 Å². The maximum Gasteiger partial charge on any atom is 0.301 e. The van der Waals surface area contributed by atoms with E-state index < -0.39 is 17.7 Å². The molecule has 1 saturated heterocycles. The molecule has 1 unspecified atom stereocenters. The van der Waals surface area contributed by atoms with E-state index >= 15 is 0 Å². The normalized spacial score (nSPS) is 17.1. The molecule has 5 rings (SSSR count). The van der Waals surface area contributed by atoms with Crippen molar-refractivity contribution in [3.05, 3.63) is 89.0 Å². The van der Waals surface area contributed by atoms with Crippen LogP contribution in [0.2, 0.25) is 0 Å².